The third-order valence-corrected chi connectivity index (χ3v) is 6.03. The smallest absolute Gasteiger partial charge is 0.237 e. The lowest BCUT2D eigenvalue weighted by molar-refractivity contribution is -0.137. The molecule has 0 unspecified atom stereocenters. The Balaban J connectivity index is 1.47. The third-order valence-electron chi connectivity index (χ3n) is 6.03. The summed E-state index contributed by atoms with van der Waals surface area (Å²) in [4.78, 5) is 21.7. The maximum atomic E-state index is 13.4. The number of hydrogen-bond acceptors (Lipinski definition) is 4. The van der Waals surface area contributed by atoms with Crippen molar-refractivity contribution in [2.24, 2.45) is 0 Å². The predicted molar refractivity (Wildman–Crippen MR) is 104 cm³/mol. The van der Waals surface area contributed by atoms with E-state index in [4.69, 9.17) is 4.42 Å². The Morgan fingerprint density at radius 2 is 2.04 bits per heavy atom. The van der Waals surface area contributed by atoms with Crippen molar-refractivity contribution < 1.29 is 13.6 Å². The van der Waals surface area contributed by atoms with E-state index in [9.17, 15) is 9.18 Å². The molecule has 0 saturated carbocycles. The number of likely N-dealkylation sites (tertiary alicyclic amines) is 2. The molecule has 0 radical (unpaired) electrons. The second-order valence-corrected chi connectivity index (χ2v) is 8.20. The molecule has 3 heterocycles. The van der Waals surface area contributed by atoms with Gasteiger partial charge >= 0.3 is 0 Å². The second kappa shape index (κ2) is 8.03. The summed E-state index contributed by atoms with van der Waals surface area (Å²) in [6.07, 6.45) is 7.60. The lowest BCUT2D eigenvalue weighted by Crippen LogP contribution is -2.48. The SMILES string of the molecule is C[C@]1(c2ncc(Cc3cccc(F)c3)o2)CCCN1C(=O)CN1CCCCC1. The Labute approximate surface area is 165 Å². The molecular weight excluding hydrogens is 357 g/mol. The minimum absolute atomic E-state index is 0.159. The van der Waals surface area contributed by atoms with Crippen molar-refractivity contribution in [1.29, 1.82) is 0 Å². The number of halogens is 1. The standard InChI is InChI=1S/C22H28FN3O2/c1-22(9-6-12-26(22)20(27)16-25-10-3-2-4-11-25)21-24-15-19(28-21)14-17-7-5-8-18(23)13-17/h5,7-8,13,15H,2-4,6,9-12,14,16H2,1H3/t22-/m1/s1. The van der Waals surface area contributed by atoms with Gasteiger partial charge in [0.25, 0.3) is 0 Å². The van der Waals surface area contributed by atoms with E-state index in [1.807, 2.05) is 17.9 Å². The van der Waals surface area contributed by atoms with Crippen molar-refractivity contribution in [2.45, 2.75) is 51.0 Å². The highest BCUT2D eigenvalue weighted by atomic mass is 19.1. The molecule has 28 heavy (non-hydrogen) atoms. The van der Waals surface area contributed by atoms with Crippen LogP contribution in [0.15, 0.2) is 34.9 Å². The van der Waals surface area contributed by atoms with Crippen LogP contribution >= 0.6 is 0 Å². The van der Waals surface area contributed by atoms with Gasteiger partial charge in [-0.2, -0.15) is 0 Å². The molecule has 6 heteroatoms. The summed E-state index contributed by atoms with van der Waals surface area (Å²) >= 11 is 0. The quantitative estimate of drug-likeness (QED) is 0.787. The molecule has 1 aromatic heterocycles. The molecule has 2 aromatic rings. The van der Waals surface area contributed by atoms with Crippen molar-refractivity contribution in [3.63, 3.8) is 0 Å². The highest BCUT2D eigenvalue weighted by Crippen LogP contribution is 2.38. The average Bonchev–Trinajstić information content (AvgIpc) is 3.30. The maximum Gasteiger partial charge on any atom is 0.237 e. The Bertz CT molecular complexity index is 831. The average molecular weight is 385 g/mol. The Kier molecular flexibility index (Phi) is 5.49. The van der Waals surface area contributed by atoms with Gasteiger partial charge in [-0.25, -0.2) is 9.37 Å². The number of oxazole rings is 1. The van der Waals surface area contributed by atoms with Gasteiger partial charge in [-0.15, -0.1) is 0 Å². The number of nitrogens with zero attached hydrogens (tertiary/aromatic N) is 3. The number of aromatic nitrogens is 1. The zero-order chi connectivity index (χ0) is 19.6. The molecule has 2 aliphatic heterocycles. The fourth-order valence-corrected chi connectivity index (χ4v) is 4.47. The predicted octanol–water partition coefficient (Wildman–Crippen LogP) is 3.73. The fraction of sp³-hybridized carbons (Fsp3) is 0.545. The first-order chi connectivity index (χ1) is 13.5. The first-order valence-corrected chi connectivity index (χ1v) is 10.3. The van der Waals surface area contributed by atoms with Crippen LogP contribution in [0, 0.1) is 5.82 Å². The fourth-order valence-electron chi connectivity index (χ4n) is 4.47. The van der Waals surface area contributed by atoms with E-state index in [1.165, 1.54) is 31.4 Å². The zero-order valence-corrected chi connectivity index (χ0v) is 16.5. The number of amides is 1. The molecule has 0 aliphatic carbocycles. The van der Waals surface area contributed by atoms with E-state index in [0.29, 0.717) is 24.6 Å². The molecule has 2 aliphatic rings. The number of hydrogen-bond donors (Lipinski definition) is 0. The summed E-state index contributed by atoms with van der Waals surface area (Å²) in [5, 5.41) is 0. The van der Waals surface area contributed by atoms with Gasteiger partial charge in [0.2, 0.25) is 11.8 Å². The van der Waals surface area contributed by atoms with Crippen LogP contribution < -0.4 is 0 Å². The van der Waals surface area contributed by atoms with Crippen molar-refractivity contribution in [3.05, 3.63) is 53.5 Å². The van der Waals surface area contributed by atoms with Crippen LogP contribution in [-0.2, 0) is 16.8 Å². The zero-order valence-electron chi connectivity index (χ0n) is 16.5. The summed E-state index contributed by atoms with van der Waals surface area (Å²) in [5.41, 5.74) is 0.338. The Hall–Kier alpha value is -2.21. The van der Waals surface area contributed by atoms with Gasteiger partial charge in [0.1, 0.15) is 17.1 Å². The van der Waals surface area contributed by atoms with Crippen LogP contribution in [0.3, 0.4) is 0 Å². The number of carbonyl (C=O) groups excluding carboxylic acids is 1. The van der Waals surface area contributed by atoms with Gasteiger partial charge in [-0.05, 0) is 63.4 Å². The molecule has 2 saturated heterocycles. The van der Waals surface area contributed by atoms with Crippen LogP contribution in [0.5, 0.6) is 0 Å². The lowest BCUT2D eigenvalue weighted by Gasteiger charge is -2.35. The van der Waals surface area contributed by atoms with E-state index < -0.39 is 5.54 Å². The number of benzene rings is 1. The molecular formula is C22H28FN3O2. The topological polar surface area (TPSA) is 49.6 Å². The Morgan fingerprint density at radius 1 is 1.21 bits per heavy atom. The molecule has 4 rings (SSSR count). The van der Waals surface area contributed by atoms with Crippen molar-refractivity contribution in [2.75, 3.05) is 26.2 Å². The first kappa shape index (κ1) is 19.1. The molecule has 0 spiro atoms. The summed E-state index contributed by atoms with van der Waals surface area (Å²) in [5.74, 6) is 1.18. The molecule has 1 amide bonds. The summed E-state index contributed by atoms with van der Waals surface area (Å²) in [7, 11) is 0. The molecule has 0 N–H and O–H groups in total. The molecule has 150 valence electrons. The van der Waals surface area contributed by atoms with Crippen molar-refractivity contribution >= 4 is 5.91 Å². The monoisotopic (exact) mass is 385 g/mol. The highest BCUT2D eigenvalue weighted by Gasteiger charge is 2.44. The van der Waals surface area contributed by atoms with Gasteiger partial charge < -0.3 is 9.32 Å². The number of rotatable bonds is 5. The number of carbonyl (C=O) groups is 1. The third kappa shape index (κ3) is 3.97. The van der Waals surface area contributed by atoms with Crippen LogP contribution in [0.4, 0.5) is 4.39 Å². The van der Waals surface area contributed by atoms with E-state index in [2.05, 4.69) is 9.88 Å². The first-order valence-electron chi connectivity index (χ1n) is 10.3. The normalized spacial score (nSPS) is 23.3. The minimum Gasteiger partial charge on any atom is -0.443 e. The lowest BCUT2D eigenvalue weighted by atomic mass is 9.98. The van der Waals surface area contributed by atoms with E-state index >= 15 is 0 Å². The van der Waals surface area contributed by atoms with Crippen LogP contribution in [0.1, 0.15) is 56.2 Å². The highest BCUT2D eigenvalue weighted by molar-refractivity contribution is 5.79. The molecule has 5 nitrogen and oxygen atoms in total. The van der Waals surface area contributed by atoms with Crippen LogP contribution in [0.2, 0.25) is 0 Å². The molecule has 1 atom stereocenters. The summed E-state index contributed by atoms with van der Waals surface area (Å²) in [6.45, 7) is 5.28. The minimum atomic E-state index is -0.507. The Morgan fingerprint density at radius 3 is 2.82 bits per heavy atom. The van der Waals surface area contributed by atoms with Gasteiger partial charge in [0.15, 0.2) is 0 Å². The summed E-state index contributed by atoms with van der Waals surface area (Å²) < 4.78 is 19.5. The van der Waals surface area contributed by atoms with Gasteiger partial charge in [0, 0.05) is 13.0 Å². The molecule has 0 bridgehead atoms. The van der Waals surface area contributed by atoms with Gasteiger partial charge in [-0.1, -0.05) is 18.6 Å². The van der Waals surface area contributed by atoms with E-state index in [-0.39, 0.29) is 11.7 Å². The van der Waals surface area contributed by atoms with Crippen molar-refractivity contribution in [1.82, 2.24) is 14.8 Å². The van der Waals surface area contributed by atoms with Gasteiger partial charge in [-0.3, -0.25) is 9.69 Å². The van der Waals surface area contributed by atoms with Crippen LogP contribution in [0.25, 0.3) is 0 Å². The van der Waals surface area contributed by atoms with Crippen molar-refractivity contribution in [3.8, 4) is 0 Å². The largest absolute Gasteiger partial charge is 0.443 e. The molecule has 2 fully saturated rings. The maximum absolute atomic E-state index is 13.4. The van der Waals surface area contributed by atoms with E-state index in [1.54, 1.807) is 12.3 Å². The molecule has 1 aromatic carbocycles. The van der Waals surface area contributed by atoms with E-state index in [0.717, 1.165) is 38.0 Å². The second-order valence-electron chi connectivity index (χ2n) is 8.20. The number of piperidine rings is 1. The summed E-state index contributed by atoms with van der Waals surface area (Å²) in [6, 6.07) is 6.51. The van der Waals surface area contributed by atoms with Gasteiger partial charge in [0.05, 0.1) is 12.7 Å². The van der Waals surface area contributed by atoms with Crippen LogP contribution in [-0.4, -0.2) is 46.9 Å².